The second kappa shape index (κ2) is 9.60. The van der Waals surface area contributed by atoms with Gasteiger partial charge in [-0.1, -0.05) is 6.42 Å². The van der Waals surface area contributed by atoms with Gasteiger partial charge in [-0.25, -0.2) is 12.8 Å². The Kier molecular flexibility index (Phi) is 6.47. The van der Waals surface area contributed by atoms with E-state index in [9.17, 15) is 18.0 Å². The lowest BCUT2D eigenvalue weighted by atomic mass is 9.67. The van der Waals surface area contributed by atoms with Crippen molar-refractivity contribution in [3.8, 4) is 5.69 Å². The topological polar surface area (TPSA) is 156 Å². The summed E-state index contributed by atoms with van der Waals surface area (Å²) in [6, 6.07) is 2.83. The highest BCUT2D eigenvalue weighted by Crippen LogP contribution is 2.52. The number of hydrogen-bond acceptors (Lipinski definition) is 8. The summed E-state index contributed by atoms with van der Waals surface area (Å²) in [6.07, 6.45) is 5.55. The minimum atomic E-state index is -3.53. The number of hydrogen-bond donors (Lipinski definition) is 3. The minimum Gasteiger partial charge on any atom is -0.461 e. The summed E-state index contributed by atoms with van der Waals surface area (Å²) in [5.74, 6) is -1.99. The van der Waals surface area contributed by atoms with E-state index in [4.69, 9.17) is 20.9 Å². The van der Waals surface area contributed by atoms with Gasteiger partial charge in [0.15, 0.2) is 9.84 Å². The number of fused-ring (bicyclic) bond motifs is 3. The van der Waals surface area contributed by atoms with E-state index in [-0.39, 0.29) is 54.3 Å². The normalized spacial score (nSPS) is 24.5. The molecule has 6 rings (SSSR count). The Morgan fingerprint density at radius 3 is 2.54 bits per heavy atom. The van der Waals surface area contributed by atoms with Crippen molar-refractivity contribution >= 4 is 27.4 Å². The maximum absolute atomic E-state index is 15.5. The summed E-state index contributed by atoms with van der Waals surface area (Å²) in [5.41, 5.74) is 13.1. The average molecular weight is 561 g/mol. The zero-order valence-corrected chi connectivity index (χ0v) is 22.4. The largest absolute Gasteiger partial charge is 0.461 e. The number of benzene rings is 1. The number of amides is 1. The van der Waals surface area contributed by atoms with Crippen molar-refractivity contribution in [3.63, 3.8) is 0 Å². The van der Waals surface area contributed by atoms with Gasteiger partial charge in [0.25, 0.3) is 5.91 Å². The molecule has 210 valence electrons. The van der Waals surface area contributed by atoms with E-state index in [1.54, 1.807) is 6.07 Å². The molecule has 1 aromatic carbocycles. The van der Waals surface area contributed by atoms with E-state index in [1.165, 1.54) is 6.07 Å². The van der Waals surface area contributed by atoms with Gasteiger partial charge in [0.2, 0.25) is 0 Å². The Morgan fingerprint density at radius 1 is 1.15 bits per heavy atom. The minimum absolute atomic E-state index is 0.100. The van der Waals surface area contributed by atoms with Crippen LogP contribution in [-0.2, 0) is 43.7 Å². The van der Waals surface area contributed by atoms with Gasteiger partial charge in [-0.2, -0.15) is 0 Å². The number of primary amides is 1. The molecule has 4 aliphatic rings. The summed E-state index contributed by atoms with van der Waals surface area (Å²) in [6.45, 7) is 0.243. The lowest BCUT2D eigenvalue weighted by Crippen LogP contribution is -2.43. The van der Waals surface area contributed by atoms with E-state index in [0.717, 1.165) is 19.3 Å². The second-order valence-electron chi connectivity index (χ2n) is 11.3. The molecule has 2 aliphatic heterocycles. The number of halogens is 1. The highest BCUT2D eigenvalue weighted by atomic mass is 32.2. The molecule has 2 fully saturated rings. The second-order valence-corrected chi connectivity index (χ2v) is 13.3. The highest BCUT2D eigenvalue weighted by molar-refractivity contribution is 7.91. The molecule has 0 unspecified atom stereocenters. The van der Waals surface area contributed by atoms with Crippen LogP contribution < -0.4 is 16.8 Å². The molecule has 2 saturated carbocycles. The van der Waals surface area contributed by atoms with Crippen molar-refractivity contribution in [2.75, 3.05) is 17.6 Å². The van der Waals surface area contributed by atoms with Gasteiger partial charge in [0.05, 0.1) is 53.0 Å². The fraction of sp³-hybridized carbons (Fsp3) is 0.556. The van der Waals surface area contributed by atoms with Crippen LogP contribution in [0.15, 0.2) is 17.0 Å². The summed E-state index contributed by atoms with van der Waals surface area (Å²) >= 11 is 0. The van der Waals surface area contributed by atoms with Crippen LogP contribution in [0.5, 0.6) is 0 Å². The van der Waals surface area contributed by atoms with Crippen molar-refractivity contribution in [2.24, 2.45) is 16.9 Å². The molecular formula is C27H33FN4O6S. The van der Waals surface area contributed by atoms with Gasteiger partial charge in [0, 0.05) is 17.3 Å². The SMILES string of the molecule is NCC(=O)OC1CCC(Nc2cc(-n3c4c(c5c3CC3(CCC3)CS5(=O)=O)COC4)cc(F)c2C(N)=O)CC1. The van der Waals surface area contributed by atoms with Gasteiger partial charge in [-0.15, -0.1) is 0 Å². The summed E-state index contributed by atoms with van der Waals surface area (Å²) < 4.78 is 55.3. The molecule has 0 saturated heterocycles. The van der Waals surface area contributed by atoms with E-state index in [0.29, 0.717) is 59.6 Å². The van der Waals surface area contributed by atoms with Crippen LogP contribution in [0.2, 0.25) is 0 Å². The maximum Gasteiger partial charge on any atom is 0.319 e. The fourth-order valence-electron chi connectivity index (χ4n) is 6.84. The Balaban J connectivity index is 1.38. The zero-order valence-electron chi connectivity index (χ0n) is 21.6. The molecule has 10 nitrogen and oxygen atoms in total. The molecule has 12 heteroatoms. The van der Waals surface area contributed by atoms with Crippen LogP contribution in [0.3, 0.4) is 0 Å². The molecule has 39 heavy (non-hydrogen) atoms. The third-order valence-corrected chi connectivity index (χ3v) is 10.8. The van der Waals surface area contributed by atoms with E-state index in [2.05, 4.69) is 5.32 Å². The first-order valence-corrected chi connectivity index (χ1v) is 15.1. The molecule has 5 N–H and O–H groups in total. The molecule has 2 aromatic rings. The number of carbonyl (C=O) groups excluding carboxylic acids is 2. The third-order valence-electron chi connectivity index (χ3n) is 8.75. The highest BCUT2D eigenvalue weighted by Gasteiger charge is 2.49. The Labute approximate surface area is 226 Å². The number of sulfone groups is 1. The first kappa shape index (κ1) is 26.3. The van der Waals surface area contributed by atoms with Crippen molar-refractivity contribution in [1.82, 2.24) is 4.57 Å². The van der Waals surface area contributed by atoms with Gasteiger partial charge in [-0.3, -0.25) is 9.59 Å². The molecule has 0 atom stereocenters. The number of nitrogens with zero attached hydrogens (tertiary/aromatic N) is 1. The number of nitrogens with one attached hydrogen (secondary N) is 1. The quantitative estimate of drug-likeness (QED) is 0.455. The van der Waals surface area contributed by atoms with Gasteiger partial charge >= 0.3 is 5.97 Å². The van der Waals surface area contributed by atoms with Gasteiger partial charge < -0.3 is 30.8 Å². The fourth-order valence-corrected chi connectivity index (χ4v) is 9.25. The molecule has 1 amide bonds. The number of carbonyl (C=O) groups is 2. The summed E-state index contributed by atoms with van der Waals surface area (Å²) in [7, 11) is -3.53. The lowest BCUT2D eigenvalue weighted by molar-refractivity contribution is -0.148. The Hall–Kier alpha value is -2.96. The van der Waals surface area contributed by atoms with Crippen LogP contribution in [0.4, 0.5) is 10.1 Å². The molecule has 2 aliphatic carbocycles. The monoisotopic (exact) mass is 560 g/mol. The lowest BCUT2D eigenvalue weighted by Gasteiger charge is -2.44. The Bertz CT molecular complexity index is 1460. The van der Waals surface area contributed by atoms with E-state index < -0.39 is 27.5 Å². The number of anilines is 1. The molecule has 3 heterocycles. The standard InChI is InChI=1S/C27H33FN4O6S/c28-19-8-16(9-20(24(19)26(30)34)31-15-2-4-17(5-3-15)38-23(33)11-29)32-21-10-27(6-1-7-27)14-39(35,36)25(21)18-12-37-13-22(18)32/h8-9,15,17,31H,1-7,10-14,29H2,(H2,30,34). The third kappa shape index (κ3) is 4.52. The van der Waals surface area contributed by atoms with Crippen molar-refractivity contribution in [3.05, 3.63) is 40.5 Å². The molecule has 0 radical (unpaired) electrons. The van der Waals surface area contributed by atoms with E-state index in [1.807, 2.05) is 4.57 Å². The predicted molar refractivity (Wildman–Crippen MR) is 140 cm³/mol. The van der Waals surface area contributed by atoms with E-state index >= 15 is 4.39 Å². The average Bonchev–Trinajstić information content (AvgIpc) is 3.43. The Morgan fingerprint density at radius 2 is 1.90 bits per heavy atom. The first-order valence-electron chi connectivity index (χ1n) is 13.5. The first-order chi connectivity index (χ1) is 18.6. The summed E-state index contributed by atoms with van der Waals surface area (Å²) in [4.78, 5) is 24.2. The number of esters is 1. The zero-order chi connectivity index (χ0) is 27.5. The van der Waals surface area contributed by atoms with Crippen molar-refractivity contribution < 1.29 is 31.9 Å². The van der Waals surface area contributed by atoms with Gasteiger partial charge in [0.1, 0.15) is 11.9 Å². The van der Waals surface area contributed by atoms with Crippen LogP contribution in [0.1, 0.15) is 72.3 Å². The van der Waals surface area contributed by atoms with Gasteiger partial charge in [-0.05, 0) is 62.5 Å². The van der Waals surface area contributed by atoms with Crippen LogP contribution in [-0.4, -0.2) is 49.3 Å². The smallest absolute Gasteiger partial charge is 0.319 e. The predicted octanol–water partition coefficient (Wildman–Crippen LogP) is 2.47. The summed E-state index contributed by atoms with van der Waals surface area (Å²) in [5, 5.41) is 3.30. The maximum atomic E-state index is 15.5. The number of rotatable bonds is 6. The molecule has 1 aromatic heterocycles. The number of nitrogens with two attached hydrogens (primary N) is 2. The number of aromatic nitrogens is 1. The molecule has 0 bridgehead atoms. The van der Waals surface area contributed by atoms with Crippen LogP contribution >= 0.6 is 0 Å². The molecule has 1 spiro atoms. The number of ether oxygens (including phenoxy) is 2. The van der Waals surface area contributed by atoms with Crippen molar-refractivity contribution in [1.29, 1.82) is 0 Å². The van der Waals surface area contributed by atoms with Crippen LogP contribution in [0.25, 0.3) is 5.69 Å². The van der Waals surface area contributed by atoms with Crippen molar-refractivity contribution in [2.45, 2.75) is 81.6 Å². The molecular weight excluding hydrogens is 527 g/mol. The van der Waals surface area contributed by atoms with Crippen LogP contribution in [0, 0.1) is 11.2 Å².